The maximum Gasteiger partial charge on any atom is 0.229 e. The lowest BCUT2D eigenvalue weighted by Gasteiger charge is -2.56. The average Bonchev–Trinajstić information content (AvgIpc) is 3.11. The zero-order valence-corrected chi connectivity index (χ0v) is 17.0. The number of halogens is 1. The second-order valence-electron chi connectivity index (χ2n) is 8.73. The zero-order chi connectivity index (χ0) is 19.6. The van der Waals surface area contributed by atoms with E-state index in [1.165, 1.54) is 21.9 Å². The summed E-state index contributed by atoms with van der Waals surface area (Å²) in [4.78, 5) is 17.2. The summed E-state index contributed by atoms with van der Waals surface area (Å²) in [5.41, 5.74) is 3.93. The summed E-state index contributed by atoms with van der Waals surface area (Å²) in [5.74, 6) is 0.235. The van der Waals surface area contributed by atoms with Crippen LogP contribution in [0.5, 0.6) is 0 Å². The van der Waals surface area contributed by atoms with Crippen LogP contribution in [0.3, 0.4) is 0 Å². The number of amides is 1. The van der Waals surface area contributed by atoms with Crippen molar-refractivity contribution in [1.82, 2.24) is 4.90 Å². The Morgan fingerprint density at radius 2 is 1.66 bits per heavy atom. The van der Waals surface area contributed by atoms with Crippen LogP contribution in [-0.4, -0.2) is 29.4 Å². The van der Waals surface area contributed by atoms with Crippen molar-refractivity contribution in [3.05, 3.63) is 76.8 Å². The molecule has 0 bridgehead atoms. The molecule has 146 valence electrons. The van der Waals surface area contributed by atoms with Gasteiger partial charge in [-0.05, 0) is 65.4 Å². The summed E-state index contributed by atoms with van der Waals surface area (Å²) in [6, 6.07) is 21.6. The van der Waals surface area contributed by atoms with Crippen LogP contribution in [0.25, 0.3) is 10.8 Å². The molecule has 1 aliphatic carbocycles. The van der Waals surface area contributed by atoms with Crippen molar-refractivity contribution < 1.29 is 4.79 Å². The number of hydrogen-bond acceptors (Lipinski definition) is 2. The van der Waals surface area contributed by atoms with Gasteiger partial charge in [-0.15, -0.1) is 0 Å². The SMILES string of the molecule is O=C1CC2(CCN(C3Cc4cccc5cccc3c45)CC2)N1c1ccc(Cl)cc1. The number of anilines is 1. The first-order valence-electron chi connectivity index (χ1n) is 10.5. The van der Waals surface area contributed by atoms with Gasteiger partial charge < -0.3 is 4.90 Å². The van der Waals surface area contributed by atoms with Gasteiger partial charge in [0.15, 0.2) is 0 Å². The molecule has 3 aromatic rings. The molecule has 1 amide bonds. The highest BCUT2D eigenvalue weighted by molar-refractivity contribution is 6.30. The fourth-order valence-corrected chi connectivity index (χ4v) is 5.94. The van der Waals surface area contributed by atoms with Gasteiger partial charge in [-0.3, -0.25) is 9.69 Å². The molecule has 0 saturated carbocycles. The molecule has 2 fully saturated rings. The Labute approximate surface area is 175 Å². The predicted molar refractivity (Wildman–Crippen MR) is 117 cm³/mol. The van der Waals surface area contributed by atoms with Gasteiger partial charge in [-0.1, -0.05) is 48.0 Å². The quantitative estimate of drug-likeness (QED) is 0.538. The molecule has 3 nitrogen and oxygen atoms in total. The van der Waals surface area contributed by atoms with Crippen LogP contribution in [0.1, 0.15) is 36.4 Å². The van der Waals surface area contributed by atoms with Gasteiger partial charge in [0.25, 0.3) is 0 Å². The third-order valence-corrected chi connectivity index (χ3v) is 7.51. The lowest BCUT2D eigenvalue weighted by Crippen LogP contribution is -2.67. The van der Waals surface area contributed by atoms with Crippen molar-refractivity contribution >= 4 is 34.0 Å². The zero-order valence-electron chi connectivity index (χ0n) is 16.3. The molecule has 0 N–H and O–H groups in total. The highest BCUT2D eigenvalue weighted by Gasteiger charge is 2.53. The minimum atomic E-state index is -0.0150. The molecule has 4 heteroatoms. The standard InChI is InChI=1S/C25H23ClN2O/c26-19-7-9-20(10-8-19)28-23(29)16-25(28)11-13-27(14-12-25)22-15-18-5-1-3-17-4-2-6-21(22)24(17)18/h1-10,22H,11-16H2. The Hall–Kier alpha value is -2.36. The maximum atomic E-state index is 12.5. The van der Waals surface area contributed by atoms with E-state index in [1.54, 1.807) is 0 Å². The Balaban J connectivity index is 1.24. The molecule has 29 heavy (non-hydrogen) atoms. The largest absolute Gasteiger partial charge is 0.306 e. The molecule has 6 rings (SSSR count). The van der Waals surface area contributed by atoms with E-state index in [0.717, 1.165) is 38.0 Å². The number of piperidine rings is 1. The maximum absolute atomic E-state index is 12.5. The number of β-lactam (4-membered cyclic amide) rings is 1. The van der Waals surface area contributed by atoms with Crippen LogP contribution in [0.15, 0.2) is 60.7 Å². The van der Waals surface area contributed by atoms with Gasteiger partial charge in [-0.25, -0.2) is 0 Å². The van der Waals surface area contributed by atoms with E-state index in [-0.39, 0.29) is 11.4 Å². The Bertz CT molecular complexity index is 1110. The molecule has 2 saturated heterocycles. The number of likely N-dealkylation sites (tertiary alicyclic amines) is 1. The first kappa shape index (κ1) is 17.5. The molecule has 1 atom stereocenters. The lowest BCUT2D eigenvalue weighted by atomic mass is 9.75. The molecule has 3 aliphatic rings. The van der Waals surface area contributed by atoms with Crippen molar-refractivity contribution in [2.75, 3.05) is 18.0 Å². The van der Waals surface area contributed by atoms with Gasteiger partial charge in [0.1, 0.15) is 0 Å². The van der Waals surface area contributed by atoms with Crippen LogP contribution in [0.4, 0.5) is 5.69 Å². The molecular weight excluding hydrogens is 380 g/mol. The average molecular weight is 403 g/mol. The third kappa shape index (κ3) is 2.57. The molecule has 0 radical (unpaired) electrons. The summed E-state index contributed by atoms with van der Waals surface area (Å²) >= 11 is 6.04. The van der Waals surface area contributed by atoms with E-state index < -0.39 is 0 Å². The van der Waals surface area contributed by atoms with Crippen molar-refractivity contribution in [3.8, 4) is 0 Å². The van der Waals surface area contributed by atoms with E-state index in [9.17, 15) is 4.79 Å². The molecule has 1 unspecified atom stereocenters. The highest BCUT2D eigenvalue weighted by atomic mass is 35.5. The minimum Gasteiger partial charge on any atom is -0.306 e. The van der Waals surface area contributed by atoms with Gasteiger partial charge in [0, 0.05) is 29.8 Å². The van der Waals surface area contributed by atoms with Crippen molar-refractivity contribution in [2.45, 2.75) is 37.3 Å². The first-order valence-corrected chi connectivity index (χ1v) is 10.9. The number of rotatable bonds is 2. The van der Waals surface area contributed by atoms with Crippen molar-refractivity contribution in [2.24, 2.45) is 0 Å². The van der Waals surface area contributed by atoms with E-state index in [4.69, 9.17) is 11.6 Å². The van der Waals surface area contributed by atoms with E-state index in [0.29, 0.717) is 17.5 Å². The summed E-state index contributed by atoms with van der Waals surface area (Å²) in [6.45, 7) is 2.07. The number of carbonyl (C=O) groups is 1. The number of nitrogens with zero attached hydrogens (tertiary/aromatic N) is 2. The number of hydrogen-bond donors (Lipinski definition) is 0. The first-order chi connectivity index (χ1) is 14.1. The Kier molecular flexibility index (Phi) is 3.81. The molecular formula is C25H23ClN2O. The summed E-state index contributed by atoms with van der Waals surface area (Å²) in [7, 11) is 0. The van der Waals surface area contributed by atoms with Gasteiger partial charge in [0.2, 0.25) is 5.91 Å². The molecule has 1 spiro atoms. The summed E-state index contributed by atoms with van der Waals surface area (Å²) in [5, 5.41) is 3.52. The van der Waals surface area contributed by atoms with Gasteiger partial charge >= 0.3 is 0 Å². The van der Waals surface area contributed by atoms with E-state index in [1.807, 2.05) is 29.2 Å². The Morgan fingerprint density at radius 1 is 0.931 bits per heavy atom. The topological polar surface area (TPSA) is 23.6 Å². The highest BCUT2D eigenvalue weighted by Crippen LogP contribution is 2.47. The second kappa shape index (κ2) is 6.32. The van der Waals surface area contributed by atoms with Crippen LogP contribution in [0, 0.1) is 0 Å². The van der Waals surface area contributed by atoms with E-state index in [2.05, 4.69) is 41.3 Å². The molecule has 3 aromatic carbocycles. The smallest absolute Gasteiger partial charge is 0.229 e. The molecule has 0 aromatic heterocycles. The molecule has 2 heterocycles. The minimum absolute atomic E-state index is 0.0150. The predicted octanol–water partition coefficient (Wildman–Crippen LogP) is 5.36. The second-order valence-corrected chi connectivity index (χ2v) is 9.16. The summed E-state index contributed by atoms with van der Waals surface area (Å²) in [6.07, 6.45) is 3.84. The summed E-state index contributed by atoms with van der Waals surface area (Å²) < 4.78 is 0. The van der Waals surface area contributed by atoms with Crippen molar-refractivity contribution in [3.63, 3.8) is 0 Å². The lowest BCUT2D eigenvalue weighted by molar-refractivity contribution is -0.129. The van der Waals surface area contributed by atoms with Crippen LogP contribution in [0.2, 0.25) is 5.02 Å². The fraction of sp³-hybridized carbons (Fsp3) is 0.320. The molecule has 2 aliphatic heterocycles. The van der Waals surface area contributed by atoms with Gasteiger partial charge in [0.05, 0.1) is 12.0 Å². The van der Waals surface area contributed by atoms with E-state index >= 15 is 0 Å². The van der Waals surface area contributed by atoms with Crippen molar-refractivity contribution in [1.29, 1.82) is 0 Å². The Morgan fingerprint density at radius 3 is 2.38 bits per heavy atom. The fourth-order valence-electron chi connectivity index (χ4n) is 5.81. The van der Waals surface area contributed by atoms with Crippen LogP contribution >= 0.6 is 11.6 Å². The van der Waals surface area contributed by atoms with Crippen LogP contribution in [-0.2, 0) is 11.2 Å². The van der Waals surface area contributed by atoms with Crippen LogP contribution < -0.4 is 4.90 Å². The normalized spacial score (nSPS) is 23.0. The van der Waals surface area contributed by atoms with Gasteiger partial charge in [-0.2, -0.15) is 0 Å². The third-order valence-electron chi connectivity index (χ3n) is 7.25. The monoisotopic (exact) mass is 402 g/mol. The number of benzene rings is 3. The number of carbonyl (C=O) groups excluding carboxylic acids is 1.